The zero-order valence-electron chi connectivity index (χ0n) is 15.4. The normalized spacial score (nSPS) is 30.8. The number of guanidine groups is 1. The number of hydrogen-bond acceptors (Lipinski definition) is 4. The molecule has 3 fully saturated rings. The van der Waals surface area contributed by atoms with Crippen molar-refractivity contribution in [2.75, 3.05) is 57.9 Å². The molecule has 3 aliphatic rings. The van der Waals surface area contributed by atoms with Gasteiger partial charge in [0.15, 0.2) is 5.96 Å². The van der Waals surface area contributed by atoms with E-state index < -0.39 is 0 Å². The Balaban J connectivity index is 1.53. The Morgan fingerprint density at radius 1 is 1.17 bits per heavy atom. The molecule has 1 atom stereocenters. The molecule has 0 bridgehead atoms. The lowest BCUT2D eigenvalue weighted by atomic mass is 9.67. The molecule has 0 spiro atoms. The second kappa shape index (κ2) is 8.28. The lowest BCUT2D eigenvalue weighted by Gasteiger charge is -2.44. The van der Waals surface area contributed by atoms with Gasteiger partial charge in [0.05, 0.1) is 13.2 Å². The van der Waals surface area contributed by atoms with E-state index in [-0.39, 0.29) is 5.54 Å². The monoisotopic (exact) mass is 354 g/mol. The van der Waals surface area contributed by atoms with E-state index in [9.17, 15) is 0 Å². The maximum atomic E-state index is 5.55. The summed E-state index contributed by atoms with van der Waals surface area (Å²) in [5.74, 6) is 3.46. The summed E-state index contributed by atoms with van der Waals surface area (Å²) < 4.78 is 5.55. The Bertz CT molecular complexity index is 421. The summed E-state index contributed by atoms with van der Waals surface area (Å²) in [6.07, 6.45) is 6.65. The second-order valence-corrected chi connectivity index (χ2v) is 8.72. The van der Waals surface area contributed by atoms with Crippen LogP contribution in [0.25, 0.3) is 0 Å². The quantitative estimate of drug-likeness (QED) is 0.564. The van der Waals surface area contributed by atoms with E-state index in [1.165, 1.54) is 43.6 Å². The predicted molar refractivity (Wildman–Crippen MR) is 103 cm³/mol. The van der Waals surface area contributed by atoms with Crippen LogP contribution in [0.1, 0.15) is 39.0 Å². The average molecular weight is 355 g/mol. The number of ether oxygens (including phenoxy) is 1. The standard InChI is InChI=1S/C18H34N4OS/c1-3-17(5-4-6-17)13-20-16(19-2)21-14-18(7-12-24-15-18)22-8-10-23-11-9-22/h3-15H2,1-2H3,(H2,19,20,21). The molecule has 138 valence electrons. The molecule has 2 aliphatic heterocycles. The molecule has 1 saturated carbocycles. The van der Waals surface area contributed by atoms with E-state index in [1.54, 1.807) is 0 Å². The summed E-state index contributed by atoms with van der Waals surface area (Å²) in [7, 11) is 1.89. The fourth-order valence-electron chi connectivity index (χ4n) is 4.21. The maximum absolute atomic E-state index is 5.55. The third kappa shape index (κ3) is 4.02. The third-order valence-corrected chi connectivity index (χ3v) is 7.60. The molecule has 2 saturated heterocycles. The molecule has 5 nitrogen and oxygen atoms in total. The molecule has 0 radical (unpaired) electrons. The molecule has 24 heavy (non-hydrogen) atoms. The van der Waals surface area contributed by atoms with Crippen molar-refractivity contribution in [3.8, 4) is 0 Å². The molecule has 2 heterocycles. The fraction of sp³-hybridized carbons (Fsp3) is 0.944. The molecule has 1 aliphatic carbocycles. The van der Waals surface area contributed by atoms with Crippen LogP contribution in [0.2, 0.25) is 0 Å². The van der Waals surface area contributed by atoms with Crippen molar-refractivity contribution in [3.05, 3.63) is 0 Å². The molecule has 0 aromatic carbocycles. The zero-order valence-corrected chi connectivity index (χ0v) is 16.2. The molecule has 0 amide bonds. The minimum absolute atomic E-state index is 0.269. The maximum Gasteiger partial charge on any atom is 0.191 e. The summed E-state index contributed by atoms with van der Waals surface area (Å²) in [6.45, 7) is 8.23. The summed E-state index contributed by atoms with van der Waals surface area (Å²) >= 11 is 2.09. The number of morpholine rings is 1. The van der Waals surface area contributed by atoms with Crippen molar-refractivity contribution in [1.82, 2.24) is 15.5 Å². The van der Waals surface area contributed by atoms with Gasteiger partial charge >= 0.3 is 0 Å². The van der Waals surface area contributed by atoms with Gasteiger partial charge in [-0.2, -0.15) is 11.8 Å². The zero-order chi connectivity index (χ0) is 16.9. The van der Waals surface area contributed by atoms with Gasteiger partial charge in [-0.05, 0) is 36.9 Å². The lowest BCUT2D eigenvalue weighted by Crippen LogP contribution is -2.60. The van der Waals surface area contributed by atoms with Crippen molar-refractivity contribution >= 4 is 17.7 Å². The average Bonchev–Trinajstić information content (AvgIpc) is 3.08. The predicted octanol–water partition coefficient (Wildman–Crippen LogP) is 1.94. The van der Waals surface area contributed by atoms with E-state index in [4.69, 9.17) is 4.74 Å². The van der Waals surface area contributed by atoms with Crippen molar-refractivity contribution in [2.45, 2.75) is 44.6 Å². The van der Waals surface area contributed by atoms with Gasteiger partial charge in [0.2, 0.25) is 0 Å². The van der Waals surface area contributed by atoms with Crippen molar-refractivity contribution in [3.63, 3.8) is 0 Å². The summed E-state index contributed by atoms with van der Waals surface area (Å²) in [5.41, 5.74) is 0.785. The molecule has 2 N–H and O–H groups in total. The van der Waals surface area contributed by atoms with Crippen LogP contribution in [0.3, 0.4) is 0 Å². The van der Waals surface area contributed by atoms with Crippen LogP contribution in [0.4, 0.5) is 0 Å². The van der Waals surface area contributed by atoms with Gasteiger partial charge in [0.25, 0.3) is 0 Å². The Labute approximate surface area is 151 Å². The van der Waals surface area contributed by atoms with Crippen LogP contribution in [0, 0.1) is 5.41 Å². The highest BCUT2D eigenvalue weighted by atomic mass is 32.2. The van der Waals surface area contributed by atoms with Crippen molar-refractivity contribution in [2.24, 2.45) is 10.4 Å². The number of nitrogens with zero attached hydrogens (tertiary/aromatic N) is 2. The SMILES string of the molecule is CCC1(CNC(=NC)NCC2(N3CCOCC3)CCSC2)CCC1. The summed E-state index contributed by atoms with van der Waals surface area (Å²) in [5, 5.41) is 7.23. The second-order valence-electron chi connectivity index (χ2n) is 7.61. The van der Waals surface area contributed by atoms with E-state index in [0.29, 0.717) is 5.41 Å². The first-order chi connectivity index (χ1) is 11.7. The van der Waals surface area contributed by atoms with E-state index in [1.807, 2.05) is 7.05 Å². The highest BCUT2D eigenvalue weighted by molar-refractivity contribution is 7.99. The summed E-state index contributed by atoms with van der Waals surface area (Å²) in [6, 6.07) is 0. The number of rotatable bonds is 6. The van der Waals surface area contributed by atoms with Gasteiger partial charge in [0.1, 0.15) is 0 Å². The van der Waals surface area contributed by atoms with Crippen LogP contribution in [-0.2, 0) is 4.74 Å². The highest BCUT2D eigenvalue weighted by Crippen LogP contribution is 2.43. The van der Waals surface area contributed by atoms with Crippen LogP contribution >= 0.6 is 11.8 Å². The molecule has 6 heteroatoms. The first-order valence-electron chi connectivity index (χ1n) is 9.57. The fourth-order valence-corrected chi connectivity index (χ4v) is 5.68. The summed E-state index contributed by atoms with van der Waals surface area (Å²) in [4.78, 5) is 7.11. The van der Waals surface area contributed by atoms with Gasteiger partial charge in [-0.25, -0.2) is 0 Å². The van der Waals surface area contributed by atoms with Crippen molar-refractivity contribution in [1.29, 1.82) is 0 Å². The van der Waals surface area contributed by atoms with Crippen molar-refractivity contribution < 1.29 is 4.74 Å². The van der Waals surface area contributed by atoms with Crippen LogP contribution in [0.15, 0.2) is 4.99 Å². The highest BCUT2D eigenvalue weighted by Gasteiger charge is 2.41. The van der Waals surface area contributed by atoms with Gasteiger partial charge < -0.3 is 15.4 Å². The molecule has 0 aromatic rings. The smallest absolute Gasteiger partial charge is 0.191 e. The first kappa shape index (κ1) is 18.3. The van der Waals surface area contributed by atoms with Gasteiger partial charge in [0, 0.05) is 44.5 Å². The minimum atomic E-state index is 0.269. The third-order valence-electron chi connectivity index (χ3n) is 6.37. The Morgan fingerprint density at radius 3 is 2.46 bits per heavy atom. The minimum Gasteiger partial charge on any atom is -0.379 e. The molecular weight excluding hydrogens is 320 g/mol. The van der Waals surface area contributed by atoms with Gasteiger partial charge in [-0.1, -0.05) is 13.3 Å². The first-order valence-corrected chi connectivity index (χ1v) is 10.7. The number of thioether (sulfide) groups is 1. The van der Waals surface area contributed by atoms with Crippen LogP contribution < -0.4 is 10.6 Å². The largest absolute Gasteiger partial charge is 0.379 e. The Hall–Kier alpha value is -0.460. The molecule has 1 unspecified atom stereocenters. The van der Waals surface area contributed by atoms with E-state index >= 15 is 0 Å². The topological polar surface area (TPSA) is 48.9 Å². The molecule has 0 aromatic heterocycles. The number of aliphatic imine (C=N–C) groups is 1. The lowest BCUT2D eigenvalue weighted by molar-refractivity contribution is -0.0120. The van der Waals surface area contributed by atoms with Crippen LogP contribution in [0.5, 0.6) is 0 Å². The number of hydrogen-bond donors (Lipinski definition) is 2. The Kier molecular flexibility index (Phi) is 6.33. The van der Waals surface area contributed by atoms with Gasteiger partial charge in [-0.15, -0.1) is 0 Å². The van der Waals surface area contributed by atoms with Crippen LogP contribution in [-0.4, -0.2) is 74.3 Å². The Morgan fingerprint density at radius 2 is 1.92 bits per heavy atom. The molecular formula is C18H34N4OS. The number of nitrogens with one attached hydrogen (secondary N) is 2. The molecule has 3 rings (SSSR count). The van der Waals surface area contributed by atoms with E-state index in [0.717, 1.165) is 45.4 Å². The van der Waals surface area contributed by atoms with Gasteiger partial charge in [-0.3, -0.25) is 9.89 Å². The van der Waals surface area contributed by atoms with E-state index in [2.05, 4.69) is 39.2 Å².